The summed E-state index contributed by atoms with van der Waals surface area (Å²) in [4.78, 5) is 24.6. The Balaban J connectivity index is 1.53. The minimum Gasteiger partial charge on any atom is -0.422 e. The fourth-order valence-corrected chi connectivity index (χ4v) is 3.91. The van der Waals surface area contributed by atoms with Crippen molar-refractivity contribution in [3.63, 3.8) is 0 Å². The molecule has 4 aromatic rings. The number of anilines is 2. The molecule has 8 heteroatoms. The van der Waals surface area contributed by atoms with Crippen LogP contribution in [0.5, 0.6) is 0 Å². The first kappa shape index (κ1) is 19.4. The van der Waals surface area contributed by atoms with Gasteiger partial charge in [-0.2, -0.15) is 0 Å². The van der Waals surface area contributed by atoms with E-state index in [-0.39, 0.29) is 10.5 Å². The Hall–Kier alpha value is -3.91. The van der Waals surface area contributed by atoms with E-state index in [1.807, 2.05) is 0 Å². The average Bonchev–Trinajstić information content (AvgIpc) is 2.74. The van der Waals surface area contributed by atoms with E-state index in [1.54, 1.807) is 54.6 Å². The summed E-state index contributed by atoms with van der Waals surface area (Å²) < 4.78 is 32.6. The molecule has 0 aliphatic carbocycles. The predicted octanol–water partition coefficient (Wildman–Crippen LogP) is 3.85. The van der Waals surface area contributed by atoms with Crippen LogP contribution in [0, 0.1) is 0 Å². The average molecular weight is 420 g/mol. The Morgan fingerprint density at radius 2 is 1.47 bits per heavy atom. The standard InChI is InChI=1S/C22H16N2O5S/c25-21(19-14-15-6-4-5-9-20(15)29-22(19)26)23-16-10-12-18(13-11-16)30(27,28)24-17-7-2-1-3-8-17/h1-14,24H,(H,23,25). The minimum absolute atomic E-state index is 0.0366. The number of benzene rings is 3. The van der Waals surface area contributed by atoms with E-state index in [0.29, 0.717) is 22.3 Å². The summed E-state index contributed by atoms with van der Waals surface area (Å²) in [6.07, 6.45) is 0. The van der Waals surface area contributed by atoms with Gasteiger partial charge in [-0.3, -0.25) is 9.52 Å². The van der Waals surface area contributed by atoms with Crippen LogP contribution in [0.4, 0.5) is 11.4 Å². The molecule has 0 saturated heterocycles. The van der Waals surface area contributed by atoms with Crippen LogP contribution in [0.2, 0.25) is 0 Å². The topological polar surface area (TPSA) is 105 Å². The molecule has 0 aliphatic heterocycles. The molecule has 150 valence electrons. The van der Waals surface area contributed by atoms with Crippen LogP contribution in [0.15, 0.2) is 99.0 Å². The molecule has 2 N–H and O–H groups in total. The van der Waals surface area contributed by atoms with E-state index < -0.39 is 21.6 Å². The van der Waals surface area contributed by atoms with Crippen molar-refractivity contribution in [2.45, 2.75) is 4.90 Å². The van der Waals surface area contributed by atoms with Crippen molar-refractivity contribution < 1.29 is 17.6 Å². The molecule has 0 atom stereocenters. The molecular weight excluding hydrogens is 404 g/mol. The lowest BCUT2D eigenvalue weighted by atomic mass is 10.1. The highest BCUT2D eigenvalue weighted by Crippen LogP contribution is 2.19. The number of sulfonamides is 1. The summed E-state index contributed by atoms with van der Waals surface area (Å²) in [5.74, 6) is -0.646. The van der Waals surface area contributed by atoms with Crippen LogP contribution in [-0.4, -0.2) is 14.3 Å². The second-order valence-electron chi connectivity index (χ2n) is 6.44. The van der Waals surface area contributed by atoms with Crippen LogP contribution >= 0.6 is 0 Å². The van der Waals surface area contributed by atoms with Crippen molar-refractivity contribution in [3.05, 3.63) is 101 Å². The van der Waals surface area contributed by atoms with Gasteiger partial charge in [-0.1, -0.05) is 36.4 Å². The number of hydrogen-bond acceptors (Lipinski definition) is 5. The first-order valence-corrected chi connectivity index (χ1v) is 10.4. The van der Waals surface area contributed by atoms with Crippen molar-refractivity contribution in [1.82, 2.24) is 0 Å². The van der Waals surface area contributed by atoms with E-state index in [1.165, 1.54) is 30.3 Å². The van der Waals surface area contributed by atoms with Gasteiger partial charge in [0, 0.05) is 16.8 Å². The Morgan fingerprint density at radius 3 is 2.20 bits per heavy atom. The summed E-state index contributed by atoms with van der Waals surface area (Å²) in [5, 5.41) is 3.20. The summed E-state index contributed by atoms with van der Waals surface area (Å²) >= 11 is 0. The third-order valence-corrected chi connectivity index (χ3v) is 5.73. The second-order valence-corrected chi connectivity index (χ2v) is 8.12. The van der Waals surface area contributed by atoms with E-state index >= 15 is 0 Å². The number of rotatable bonds is 5. The molecule has 1 aromatic heterocycles. The van der Waals surface area contributed by atoms with Gasteiger partial charge >= 0.3 is 5.63 Å². The zero-order chi connectivity index (χ0) is 21.1. The zero-order valence-corrected chi connectivity index (χ0v) is 16.3. The molecule has 0 bridgehead atoms. The van der Waals surface area contributed by atoms with Crippen molar-refractivity contribution in [2.75, 3.05) is 10.0 Å². The summed E-state index contributed by atoms with van der Waals surface area (Å²) in [6.45, 7) is 0. The fraction of sp³-hybridized carbons (Fsp3) is 0. The normalized spacial score (nSPS) is 11.2. The molecule has 0 radical (unpaired) electrons. The molecular formula is C22H16N2O5S. The highest BCUT2D eigenvalue weighted by atomic mass is 32.2. The summed E-state index contributed by atoms with van der Waals surface area (Å²) in [7, 11) is -3.77. The number of para-hydroxylation sites is 2. The van der Waals surface area contributed by atoms with E-state index in [9.17, 15) is 18.0 Å². The largest absolute Gasteiger partial charge is 0.422 e. The van der Waals surface area contributed by atoms with Crippen LogP contribution in [0.25, 0.3) is 11.0 Å². The summed E-state index contributed by atoms with van der Waals surface area (Å²) in [6, 6.07) is 22.5. The third kappa shape index (κ3) is 4.08. The molecule has 7 nitrogen and oxygen atoms in total. The van der Waals surface area contributed by atoms with E-state index in [2.05, 4.69) is 10.0 Å². The molecule has 0 aliphatic rings. The maximum Gasteiger partial charge on any atom is 0.349 e. The monoisotopic (exact) mass is 420 g/mol. The lowest BCUT2D eigenvalue weighted by molar-refractivity contribution is 0.102. The van der Waals surface area contributed by atoms with Gasteiger partial charge in [0.1, 0.15) is 11.1 Å². The molecule has 0 fully saturated rings. The van der Waals surface area contributed by atoms with E-state index in [0.717, 1.165) is 0 Å². The third-order valence-electron chi connectivity index (χ3n) is 4.33. The Kier molecular flexibility index (Phi) is 5.07. The van der Waals surface area contributed by atoms with Crippen molar-refractivity contribution in [3.8, 4) is 0 Å². The number of carbonyl (C=O) groups is 1. The molecule has 30 heavy (non-hydrogen) atoms. The van der Waals surface area contributed by atoms with Gasteiger partial charge < -0.3 is 9.73 Å². The zero-order valence-electron chi connectivity index (χ0n) is 15.5. The number of amides is 1. The van der Waals surface area contributed by atoms with Gasteiger partial charge in [0.2, 0.25) is 0 Å². The first-order valence-electron chi connectivity index (χ1n) is 8.94. The molecule has 0 spiro atoms. The molecule has 1 amide bonds. The Labute approximate surface area is 172 Å². The number of fused-ring (bicyclic) bond motifs is 1. The van der Waals surface area contributed by atoms with Gasteiger partial charge in [-0.05, 0) is 48.5 Å². The number of hydrogen-bond donors (Lipinski definition) is 2. The van der Waals surface area contributed by atoms with Crippen LogP contribution in [0.3, 0.4) is 0 Å². The van der Waals surface area contributed by atoms with Gasteiger partial charge in [0.15, 0.2) is 0 Å². The van der Waals surface area contributed by atoms with Crippen molar-refractivity contribution >= 4 is 38.3 Å². The highest BCUT2D eigenvalue weighted by Gasteiger charge is 2.16. The molecule has 4 rings (SSSR count). The highest BCUT2D eigenvalue weighted by molar-refractivity contribution is 7.92. The van der Waals surface area contributed by atoms with Gasteiger partial charge in [0.25, 0.3) is 15.9 Å². The van der Waals surface area contributed by atoms with Gasteiger partial charge in [-0.25, -0.2) is 13.2 Å². The predicted molar refractivity (Wildman–Crippen MR) is 114 cm³/mol. The maximum atomic E-state index is 12.5. The smallest absolute Gasteiger partial charge is 0.349 e. The molecule has 0 saturated carbocycles. The first-order chi connectivity index (χ1) is 14.4. The van der Waals surface area contributed by atoms with Gasteiger partial charge in [0.05, 0.1) is 4.90 Å². The summed E-state index contributed by atoms with van der Waals surface area (Å²) in [5.41, 5.74) is 0.275. The Morgan fingerprint density at radius 1 is 0.800 bits per heavy atom. The number of carbonyl (C=O) groups excluding carboxylic acids is 1. The maximum absolute atomic E-state index is 12.5. The lowest BCUT2D eigenvalue weighted by Gasteiger charge is -2.09. The van der Waals surface area contributed by atoms with Crippen molar-refractivity contribution in [1.29, 1.82) is 0 Å². The SMILES string of the molecule is O=C(Nc1ccc(S(=O)(=O)Nc2ccccc2)cc1)c1cc2ccccc2oc1=O. The van der Waals surface area contributed by atoms with Crippen LogP contribution in [-0.2, 0) is 10.0 Å². The van der Waals surface area contributed by atoms with Crippen LogP contribution < -0.4 is 15.7 Å². The molecule has 3 aromatic carbocycles. The van der Waals surface area contributed by atoms with E-state index in [4.69, 9.17) is 4.42 Å². The number of nitrogens with one attached hydrogen (secondary N) is 2. The van der Waals surface area contributed by atoms with Crippen LogP contribution in [0.1, 0.15) is 10.4 Å². The fourth-order valence-electron chi connectivity index (χ4n) is 2.86. The molecule has 1 heterocycles. The second kappa shape index (κ2) is 7.84. The lowest BCUT2D eigenvalue weighted by Crippen LogP contribution is -2.20. The Bertz CT molecular complexity index is 1380. The van der Waals surface area contributed by atoms with Gasteiger partial charge in [-0.15, -0.1) is 0 Å². The van der Waals surface area contributed by atoms with Crippen molar-refractivity contribution in [2.24, 2.45) is 0 Å². The quantitative estimate of drug-likeness (QED) is 0.477. The minimum atomic E-state index is -3.77. The molecule has 0 unspecified atom stereocenters.